The van der Waals surface area contributed by atoms with E-state index in [1.807, 2.05) is 10.2 Å². The summed E-state index contributed by atoms with van der Waals surface area (Å²) in [5.41, 5.74) is 0. The van der Waals surface area contributed by atoms with Crippen LogP contribution in [0.25, 0.3) is 0 Å². The average Bonchev–Trinajstić information content (AvgIpc) is 3.25. The van der Waals surface area contributed by atoms with E-state index in [4.69, 9.17) is 5.11 Å². The molecule has 1 heterocycles. The van der Waals surface area contributed by atoms with Crippen LogP contribution in [0.5, 0.6) is 0 Å². The van der Waals surface area contributed by atoms with E-state index in [-0.39, 0.29) is 104 Å². The van der Waals surface area contributed by atoms with Gasteiger partial charge in [0.1, 0.15) is 18.9 Å². The van der Waals surface area contributed by atoms with Crippen molar-refractivity contribution in [1.82, 2.24) is 61.3 Å². The molecule has 69 heavy (non-hydrogen) atoms. The lowest BCUT2D eigenvalue weighted by Crippen LogP contribution is -2.50. The normalized spacial score (nSPS) is 14.8. The summed E-state index contributed by atoms with van der Waals surface area (Å²) < 4.78 is 0. The third kappa shape index (κ3) is 31.9. The van der Waals surface area contributed by atoms with Crippen molar-refractivity contribution in [1.29, 1.82) is 0 Å². The quantitative estimate of drug-likeness (QED) is 0.0215. The molecule has 1 saturated heterocycles. The first kappa shape index (κ1) is 60.4. The molecule has 0 aliphatic carbocycles. The van der Waals surface area contributed by atoms with Gasteiger partial charge in [-0.05, 0) is 19.3 Å². The molecular formula is C39H66N12O18. The predicted octanol–water partition coefficient (Wildman–Crippen LogP) is -7.18. The van der Waals surface area contributed by atoms with Gasteiger partial charge in [0.15, 0.2) is 0 Å². The van der Waals surface area contributed by atoms with Gasteiger partial charge in [0.05, 0.1) is 58.9 Å². The Labute approximate surface area is 396 Å². The fourth-order valence-electron chi connectivity index (χ4n) is 6.56. The van der Waals surface area contributed by atoms with Gasteiger partial charge in [0, 0.05) is 85.1 Å². The highest BCUT2D eigenvalue weighted by Gasteiger charge is 2.23. The molecule has 0 bridgehead atoms. The van der Waals surface area contributed by atoms with Crippen molar-refractivity contribution in [2.45, 2.75) is 25.3 Å². The number of carbonyl (C=O) groups excluding carboxylic acids is 6. The van der Waals surface area contributed by atoms with Gasteiger partial charge in [0.25, 0.3) is 0 Å². The first-order valence-electron chi connectivity index (χ1n) is 21.9. The van der Waals surface area contributed by atoms with Gasteiger partial charge in [-0.2, -0.15) is 0 Å². The Morgan fingerprint density at radius 1 is 0.464 bits per heavy atom. The molecule has 0 aromatic carbocycles. The van der Waals surface area contributed by atoms with Crippen LogP contribution in [0.2, 0.25) is 0 Å². The van der Waals surface area contributed by atoms with Crippen LogP contribution in [0.15, 0.2) is 0 Å². The molecule has 1 rings (SSSR count). The highest BCUT2D eigenvalue weighted by atomic mass is 16.4. The van der Waals surface area contributed by atoms with Crippen LogP contribution in [0.1, 0.15) is 19.3 Å². The number of hydrogen-bond acceptors (Lipinski definition) is 18. The Kier molecular flexibility index (Phi) is 30.3. The van der Waals surface area contributed by atoms with Crippen molar-refractivity contribution in [3.63, 3.8) is 0 Å². The van der Waals surface area contributed by atoms with Crippen molar-refractivity contribution >= 4 is 71.8 Å². The third-order valence-corrected chi connectivity index (χ3v) is 9.99. The molecule has 0 aromatic rings. The second kappa shape index (κ2) is 34.7. The maximum atomic E-state index is 13.0. The van der Waals surface area contributed by atoms with Gasteiger partial charge in [-0.1, -0.05) is 0 Å². The zero-order valence-electron chi connectivity index (χ0n) is 38.3. The molecule has 1 aliphatic rings. The first-order valence-corrected chi connectivity index (χ1v) is 21.9. The summed E-state index contributed by atoms with van der Waals surface area (Å²) >= 11 is 0. The number of hydrogen-bond donors (Lipinski definition) is 12. The molecule has 30 nitrogen and oxygen atoms in total. The predicted molar refractivity (Wildman–Crippen MR) is 237 cm³/mol. The molecule has 1 aliphatic heterocycles. The van der Waals surface area contributed by atoms with Crippen molar-refractivity contribution in [2.24, 2.45) is 0 Å². The summed E-state index contributed by atoms with van der Waals surface area (Å²) in [5, 5.41) is 69.7. The zero-order chi connectivity index (χ0) is 51.7. The maximum absolute atomic E-state index is 13.0. The van der Waals surface area contributed by atoms with Crippen LogP contribution in [0.4, 0.5) is 4.79 Å². The molecule has 1 atom stereocenters. The second-order valence-corrected chi connectivity index (χ2v) is 15.7. The van der Waals surface area contributed by atoms with Crippen molar-refractivity contribution in [3.8, 4) is 0 Å². The van der Waals surface area contributed by atoms with E-state index < -0.39 is 111 Å². The fraction of sp³-hybridized carbons (Fsp3) is 0.692. The summed E-state index contributed by atoms with van der Waals surface area (Å²) in [7, 11) is 0. The Bertz CT molecular complexity index is 1740. The molecule has 0 spiro atoms. The van der Waals surface area contributed by atoms with E-state index in [0.29, 0.717) is 26.2 Å². The Balaban J connectivity index is 2.63. The summed E-state index contributed by atoms with van der Waals surface area (Å²) in [6, 6.07) is -2.30. The molecule has 0 aromatic heterocycles. The zero-order valence-corrected chi connectivity index (χ0v) is 38.3. The third-order valence-electron chi connectivity index (χ3n) is 9.99. The van der Waals surface area contributed by atoms with E-state index in [9.17, 15) is 83.1 Å². The Morgan fingerprint density at radius 3 is 1.36 bits per heavy atom. The standard InChI is InChI=1S/C39H66N12O18/c52-18-17-46-7-9-47(11-12-49(25-35(61)62)14-13-48(10-8-46)24-34(59)60)21-30(54)41-5-6-42-31(55)22-50(26-36(63)64)15-16-51(27-37(65)66)23-32(56)43-19-29(53)40-4-2-1-3-28(38(67)68)45-39(69)44-20-33(57)58/h18,28H,1-17,19-27H2,(H,40,53)(H,41,54)(H,42,55)(H,43,56)(H,57,58)(H,59,60)(H,61,62)(H,63,64)(H,65,66)(H,67,68)(H2,44,45,69). The number of amides is 6. The van der Waals surface area contributed by atoms with Gasteiger partial charge >= 0.3 is 41.8 Å². The summed E-state index contributed by atoms with van der Waals surface area (Å²) in [4.78, 5) is 151. The van der Waals surface area contributed by atoms with Gasteiger partial charge in [-0.25, -0.2) is 9.59 Å². The lowest BCUT2D eigenvalue weighted by Gasteiger charge is -2.32. The average molecular weight is 991 g/mol. The fourth-order valence-corrected chi connectivity index (χ4v) is 6.56. The summed E-state index contributed by atoms with van der Waals surface area (Å²) in [6.07, 6.45) is 1.20. The smallest absolute Gasteiger partial charge is 0.326 e. The van der Waals surface area contributed by atoms with Crippen molar-refractivity contribution < 1.29 is 88.2 Å². The lowest BCUT2D eigenvalue weighted by molar-refractivity contribution is -0.141. The molecule has 12 N–H and O–H groups in total. The molecule has 390 valence electrons. The van der Waals surface area contributed by atoms with Gasteiger partial charge in [-0.3, -0.25) is 72.6 Å². The highest BCUT2D eigenvalue weighted by Crippen LogP contribution is 2.03. The lowest BCUT2D eigenvalue weighted by atomic mass is 10.1. The molecule has 1 unspecified atom stereocenters. The number of nitrogens with one attached hydrogen (secondary N) is 6. The van der Waals surface area contributed by atoms with Crippen LogP contribution in [-0.2, 0) is 52.7 Å². The number of aliphatic carboxylic acids is 6. The molecule has 30 heteroatoms. The number of carboxylic acids is 6. The monoisotopic (exact) mass is 990 g/mol. The molecular weight excluding hydrogens is 924 g/mol. The van der Waals surface area contributed by atoms with E-state index in [2.05, 4.69) is 26.6 Å². The van der Waals surface area contributed by atoms with E-state index in [1.165, 1.54) is 4.90 Å². The van der Waals surface area contributed by atoms with E-state index in [1.54, 1.807) is 14.7 Å². The van der Waals surface area contributed by atoms with Gasteiger partial charge in [0.2, 0.25) is 23.6 Å². The van der Waals surface area contributed by atoms with E-state index in [0.717, 1.165) is 11.2 Å². The summed E-state index contributed by atoms with van der Waals surface area (Å²) in [6.45, 7) is -2.06. The van der Waals surface area contributed by atoms with Crippen LogP contribution in [0.3, 0.4) is 0 Å². The van der Waals surface area contributed by atoms with Crippen LogP contribution in [-0.4, -0.2) is 288 Å². The molecule has 1 fully saturated rings. The number of urea groups is 1. The topological polar surface area (TPSA) is 418 Å². The van der Waals surface area contributed by atoms with Gasteiger partial charge < -0.3 is 67.3 Å². The number of rotatable bonds is 33. The van der Waals surface area contributed by atoms with Crippen molar-refractivity contribution in [3.05, 3.63) is 0 Å². The van der Waals surface area contributed by atoms with Crippen LogP contribution in [0, 0.1) is 0 Å². The number of nitrogens with zero attached hydrogens (tertiary/aromatic N) is 6. The number of carboxylic acid groups (broad SMARTS) is 6. The number of carbonyl (C=O) groups is 12. The summed E-state index contributed by atoms with van der Waals surface area (Å²) in [5.74, 6) is -9.84. The second-order valence-electron chi connectivity index (χ2n) is 15.7. The minimum Gasteiger partial charge on any atom is -0.480 e. The van der Waals surface area contributed by atoms with Crippen LogP contribution >= 0.6 is 0 Å². The van der Waals surface area contributed by atoms with Gasteiger partial charge in [-0.15, -0.1) is 0 Å². The minimum absolute atomic E-state index is 0.0241. The Hall–Kier alpha value is -6.60. The van der Waals surface area contributed by atoms with E-state index >= 15 is 0 Å². The number of aldehydes is 1. The highest BCUT2D eigenvalue weighted by molar-refractivity contribution is 5.86. The maximum Gasteiger partial charge on any atom is 0.326 e. The molecule has 0 saturated carbocycles. The molecule has 6 amide bonds. The van der Waals surface area contributed by atoms with Crippen LogP contribution < -0.4 is 31.9 Å². The van der Waals surface area contributed by atoms with Crippen molar-refractivity contribution in [2.75, 3.05) is 151 Å². The largest absolute Gasteiger partial charge is 0.480 e. The minimum atomic E-state index is -1.35. The molecule has 0 radical (unpaired) electrons. The number of unbranched alkanes of at least 4 members (excludes halogenated alkanes) is 1. The Morgan fingerprint density at radius 2 is 0.913 bits per heavy atom. The first-order chi connectivity index (χ1) is 32.6. The SMILES string of the molecule is O=CCN1CCN(CC(=O)O)CCN(CC(=O)O)CCN(CC(=O)NCCNC(=O)CN(CCN(CC(=O)O)CC(=O)NCC(=O)NCCCCC(NC(=O)NCC(=O)O)C(=O)O)CC(=O)O)CC1.